The molecule has 1 aliphatic rings. The van der Waals surface area contributed by atoms with Crippen molar-refractivity contribution in [2.45, 2.75) is 0 Å². The fourth-order valence-corrected chi connectivity index (χ4v) is 1.80. The second-order valence-electron chi connectivity index (χ2n) is 3.61. The fraction of sp³-hybridized carbons (Fsp3) is 0.167. The highest BCUT2D eigenvalue weighted by atomic mass is 16.5. The Morgan fingerprint density at radius 3 is 2.33 bits per heavy atom. The molecule has 1 aromatic rings. The zero-order chi connectivity index (χ0) is 13.4. The van der Waals surface area contributed by atoms with Gasteiger partial charge in [-0.2, -0.15) is 0 Å². The van der Waals surface area contributed by atoms with Crippen LogP contribution in [0, 0.1) is 0 Å². The standard InChI is InChI=1S/C12H10O6/c1-17-8-3-5-9(11(16)12(8)18-2)6(13)4-7(14)10(5)15/h3-4,14,16H,1-2H3. The third-order valence-electron chi connectivity index (χ3n) is 2.64. The van der Waals surface area contributed by atoms with Crippen molar-refractivity contribution in [2.24, 2.45) is 0 Å². The number of fused-ring (bicyclic) bond motifs is 1. The lowest BCUT2D eigenvalue weighted by Crippen LogP contribution is -2.17. The molecule has 0 bridgehead atoms. The highest BCUT2D eigenvalue weighted by molar-refractivity contribution is 6.25. The summed E-state index contributed by atoms with van der Waals surface area (Å²) in [6.45, 7) is 0. The van der Waals surface area contributed by atoms with Crippen LogP contribution in [0.4, 0.5) is 0 Å². The topological polar surface area (TPSA) is 93.1 Å². The minimum Gasteiger partial charge on any atom is -0.504 e. The van der Waals surface area contributed by atoms with E-state index >= 15 is 0 Å². The first-order valence-corrected chi connectivity index (χ1v) is 4.98. The lowest BCUT2D eigenvalue weighted by atomic mass is 9.92. The van der Waals surface area contributed by atoms with Crippen molar-refractivity contribution >= 4 is 11.6 Å². The molecule has 0 saturated carbocycles. The summed E-state index contributed by atoms with van der Waals surface area (Å²) in [5, 5.41) is 19.2. The maximum atomic E-state index is 11.7. The Kier molecular flexibility index (Phi) is 2.70. The van der Waals surface area contributed by atoms with E-state index in [0.29, 0.717) is 0 Å². The summed E-state index contributed by atoms with van der Waals surface area (Å²) in [6.07, 6.45) is 0.760. The average molecular weight is 250 g/mol. The van der Waals surface area contributed by atoms with Crippen LogP contribution in [0.5, 0.6) is 17.2 Å². The second kappa shape index (κ2) is 4.06. The van der Waals surface area contributed by atoms with Gasteiger partial charge in [0.2, 0.25) is 11.5 Å². The zero-order valence-corrected chi connectivity index (χ0v) is 9.68. The molecule has 0 aromatic heterocycles. The van der Waals surface area contributed by atoms with Crippen molar-refractivity contribution in [1.82, 2.24) is 0 Å². The van der Waals surface area contributed by atoms with E-state index in [1.165, 1.54) is 20.3 Å². The van der Waals surface area contributed by atoms with Crippen molar-refractivity contribution in [3.05, 3.63) is 29.0 Å². The maximum Gasteiger partial charge on any atom is 0.228 e. The third-order valence-corrected chi connectivity index (χ3v) is 2.64. The van der Waals surface area contributed by atoms with Gasteiger partial charge in [0.05, 0.1) is 19.8 Å². The molecule has 0 unspecified atom stereocenters. The van der Waals surface area contributed by atoms with Gasteiger partial charge < -0.3 is 19.7 Å². The van der Waals surface area contributed by atoms with Crippen molar-refractivity contribution in [1.29, 1.82) is 0 Å². The molecular weight excluding hydrogens is 240 g/mol. The Labute approximate surface area is 102 Å². The molecule has 0 aliphatic heterocycles. The number of hydrogen-bond donors (Lipinski definition) is 2. The Hall–Kier alpha value is -2.50. The van der Waals surface area contributed by atoms with Crippen LogP contribution in [0.3, 0.4) is 0 Å². The molecule has 2 N–H and O–H groups in total. The summed E-state index contributed by atoms with van der Waals surface area (Å²) >= 11 is 0. The van der Waals surface area contributed by atoms with Crippen molar-refractivity contribution < 1.29 is 29.3 Å². The molecule has 6 heteroatoms. The molecule has 6 nitrogen and oxygen atoms in total. The largest absolute Gasteiger partial charge is 0.504 e. The molecule has 0 atom stereocenters. The Morgan fingerprint density at radius 2 is 1.78 bits per heavy atom. The van der Waals surface area contributed by atoms with Crippen LogP contribution in [-0.2, 0) is 0 Å². The molecule has 94 valence electrons. The van der Waals surface area contributed by atoms with Gasteiger partial charge in [-0.3, -0.25) is 9.59 Å². The fourth-order valence-electron chi connectivity index (χ4n) is 1.80. The van der Waals surface area contributed by atoms with Crippen LogP contribution < -0.4 is 9.47 Å². The number of carbonyl (C=O) groups excluding carboxylic acids is 2. The van der Waals surface area contributed by atoms with Crippen molar-refractivity contribution in [3.63, 3.8) is 0 Å². The lowest BCUT2D eigenvalue weighted by Gasteiger charge is -2.17. The average Bonchev–Trinajstić information content (AvgIpc) is 2.34. The highest BCUT2D eigenvalue weighted by Gasteiger charge is 2.32. The van der Waals surface area contributed by atoms with Gasteiger partial charge in [-0.15, -0.1) is 0 Å². The Bertz CT molecular complexity index is 585. The molecule has 0 saturated heterocycles. The number of Topliss-reactive ketones (excluding diaryl/α,β-unsaturated/α-hetero) is 1. The molecule has 18 heavy (non-hydrogen) atoms. The first kappa shape index (κ1) is 12.0. The molecule has 0 fully saturated rings. The molecule has 0 spiro atoms. The summed E-state index contributed by atoms with van der Waals surface area (Å²) in [7, 11) is 2.63. The summed E-state index contributed by atoms with van der Waals surface area (Å²) < 4.78 is 9.87. The van der Waals surface area contributed by atoms with E-state index in [0.717, 1.165) is 6.08 Å². The monoisotopic (exact) mass is 250 g/mol. The van der Waals surface area contributed by atoms with E-state index in [-0.39, 0.29) is 22.6 Å². The predicted molar refractivity (Wildman–Crippen MR) is 60.6 cm³/mol. The van der Waals surface area contributed by atoms with Gasteiger partial charge in [-0.25, -0.2) is 0 Å². The number of rotatable bonds is 2. The number of methoxy groups -OCH3 is 2. The molecule has 0 amide bonds. The quantitative estimate of drug-likeness (QED) is 0.820. The minimum absolute atomic E-state index is 0.0350. The van der Waals surface area contributed by atoms with Gasteiger partial charge in [-0.05, 0) is 6.07 Å². The predicted octanol–water partition coefficient (Wildman–Crippen LogP) is 1.23. The van der Waals surface area contributed by atoms with E-state index in [9.17, 15) is 19.8 Å². The number of hydrogen-bond acceptors (Lipinski definition) is 6. The molecule has 1 aromatic carbocycles. The SMILES string of the molecule is COc1cc2c(c(O)c1OC)C(=O)C=C(O)C2=O. The second-order valence-corrected chi connectivity index (χ2v) is 3.61. The maximum absolute atomic E-state index is 11.7. The van der Waals surface area contributed by atoms with Crippen LogP contribution in [0.2, 0.25) is 0 Å². The Balaban J connectivity index is 2.79. The van der Waals surface area contributed by atoms with E-state index < -0.39 is 23.1 Å². The molecule has 0 radical (unpaired) electrons. The number of phenols is 1. The lowest BCUT2D eigenvalue weighted by molar-refractivity contribution is 0.0936. The van der Waals surface area contributed by atoms with Gasteiger partial charge in [0.25, 0.3) is 0 Å². The van der Waals surface area contributed by atoms with Gasteiger partial charge in [-0.1, -0.05) is 0 Å². The first-order valence-electron chi connectivity index (χ1n) is 4.98. The highest BCUT2D eigenvalue weighted by Crippen LogP contribution is 2.43. The minimum atomic E-state index is -0.749. The summed E-state index contributed by atoms with van der Waals surface area (Å²) in [5.41, 5.74) is -0.314. The van der Waals surface area contributed by atoms with E-state index in [1.807, 2.05) is 0 Å². The summed E-state index contributed by atoms with van der Waals surface area (Å²) in [6, 6.07) is 1.25. The van der Waals surface area contributed by atoms with Crippen LogP contribution >= 0.6 is 0 Å². The number of aliphatic hydroxyl groups excluding tert-OH is 1. The number of benzene rings is 1. The van der Waals surface area contributed by atoms with Gasteiger partial charge >= 0.3 is 0 Å². The normalized spacial score (nSPS) is 14.0. The molecule has 0 heterocycles. The van der Waals surface area contributed by atoms with E-state index in [4.69, 9.17) is 9.47 Å². The summed E-state index contributed by atoms with van der Waals surface area (Å²) in [5.74, 6) is -2.49. The van der Waals surface area contributed by atoms with Gasteiger partial charge in [0.1, 0.15) is 0 Å². The van der Waals surface area contributed by atoms with Crippen LogP contribution in [0.15, 0.2) is 17.9 Å². The van der Waals surface area contributed by atoms with Crippen molar-refractivity contribution in [3.8, 4) is 17.2 Å². The van der Waals surface area contributed by atoms with Crippen LogP contribution in [-0.4, -0.2) is 36.0 Å². The molecular formula is C12H10O6. The first-order chi connectivity index (χ1) is 8.51. The van der Waals surface area contributed by atoms with Gasteiger partial charge in [0, 0.05) is 11.6 Å². The number of ketones is 2. The van der Waals surface area contributed by atoms with Crippen LogP contribution in [0.1, 0.15) is 20.7 Å². The molecule has 2 rings (SSSR count). The Morgan fingerprint density at radius 1 is 1.11 bits per heavy atom. The van der Waals surface area contributed by atoms with Crippen molar-refractivity contribution in [2.75, 3.05) is 14.2 Å². The number of ether oxygens (including phenoxy) is 2. The molecule has 1 aliphatic carbocycles. The number of aliphatic hydroxyl groups is 1. The van der Waals surface area contributed by atoms with Crippen LogP contribution in [0.25, 0.3) is 0 Å². The number of allylic oxidation sites excluding steroid dienone is 2. The smallest absolute Gasteiger partial charge is 0.228 e. The van der Waals surface area contributed by atoms with E-state index in [2.05, 4.69) is 0 Å². The third kappa shape index (κ3) is 1.50. The number of carbonyl (C=O) groups is 2. The van der Waals surface area contributed by atoms with Gasteiger partial charge in [0.15, 0.2) is 23.0 Å². The number of aromatic hydroxyl groups is 1. The number of phenolic OH excluding ortho intramolecular Hbond substituents is 1. The summed E-state index contributed by atoms with van der Waals surface area (Å²) in [4.78, 5) is 23.4. The zero-order valence-electron chi connectivity index (χ0n) is 9.68. The van der Waals surface area contributed by atoms with E-state index in [1.54, 1.807) is 0 Å².